The predicted octanol–water partition coefficient (Wildman–Crippen LogP) is 3.52. The van der Waals surface area contributed by atoms with E-state index in [9.17, 15) is 0 Å². The molecule has 1 heterocycles. The van der Waals surface area contributed by atoms with Crippen LogP contribution in [0.4, 0.5) is 0 Å². The number of pyridine rings is 1. The van der Waals surface area contributed by atoms with E-state index >= 15 is 0 Å². The quantitative estimate of drug-likeness (QED) is 0.904. The zero-order chi connectivity index (χ0) is 13.7. The molecule has 2 aromatic rings. The van der Waals surface area contributed by atoms with Gasteiger partial charge in [0.1, 0.15) is 10.8 Å². The first-order valence-electron chi connectivity index (χ1n) is 6.19. The molecule has 4 heteroatoms. The predicted molar refractivity (Wildman–Crippen MR) is 78.8 cm³/mol. The van der Waals surface area contributed by atoms with Gasteiger partial charge >= 0.3 is 0 Å². The third kappa shape index (κ3) is 3.28. The smallest absolute Gasteiger partial charge is 0.132 e. The van der Waals surface area contributed by atoms with E-state index in [2.05, 4.69) is 23.3 Å². The van der Waals surface area contributed by atoms with Gasteiger partial charge in [-0.2, -0.15) is 0 Å². The number of ether oxygens (including phenoxy) is 1. The van der Waals surface area contributed by atoms with Gasteiger partial charge in [0.05, 0.1) is 12.0 Å². The van der Waals surface area contributed by atoms with Crippen molar-refractivity contribution in [1.82, 2.24) is 10.3 Å². The van der Waals surface area contributed by atoms with Crippen molar-refractivity contribution in [3.8, 4) is 5.75 Å². The van der Waals surface area contributed by atoms with Crippen molar-refractivity contribution in [1.29, 1.82) is 0 Å². The summed E-state index contributed by atoms with van der Waals surface area (Å²) < 4.78 is 5.38. The molecular formula is C15H18N2OS. The lowest BCUT2D eigenvalue weighted by Crippen LogP contribution is -2.13. The average Bonchev–Trinajstić information content (AvgIpc) is 2.47. The van der Waals surface area contributed by atoms with Gasteiger partial charge in [-0.3, -0.25) is 0 Å². The second-order valence-electron chi connectivity index (χ2n) is 4.16. The minimum atomic E-state index is 0.269. The molecule has 2 rings (SSSR count). The van der Waals surface area contributed by atoms with E-state index in [1.54, 1.807) is 18.9 Å². The molecule has 0 saturated carbocycles. The topological polar surface area (TPSA) is 34.2 Å². The van der Waals surface area contributed by atoms with E-state index in [4.69, 9.17) is 4.74 Å². The molecule has 0 saturated heterocycles. The minimum absolute atomic E-state index is 0.269. The van der Waals surface area contributed by atoms with Crippen LogP contribution >= 0.6 is 11.8 Å². The van der Waals surface area contributed by atoms with Crippen LogP contribution < -0.4 is 10.1 Å². The highest BCUT2D eigenvalue weighted by molar-refractivity contribution is 7.99. The molecule has 0 bridgehead atoms. The van der Waals surface area contributed by atoms with Crippen molar-refractivity contribution in [2.75, 3.05) is 14.2 Å². The van der Waals surface area contributed by atoms with Gasteiger partial charge < -0.3 is 10.1 Å². The molecule has 0 aliphatic heterocycles. The van der Waals surface area contributed by atoms with Crippen LogP contribution in [0.15, 0.2) is 52.5 Å². The van der Waals surface area contributed by atoms with E-state index in [1.807, 2.05) is 43.6 Å². The van der Waals surface area contributed by atoms with Gasteiger partial charge in [-0.15, -0.1) is 0 Å². The highest BCUT2D eigenvalue weighted by atomic mass is 32.2. The summed E-state index contributed by atoms with van der Waals surface area (Å²) in [6.45, 7) is 2.13. The second-order valence-corrected chi connectivity index (χ2v) is 5.19. The molecule has 0 radical (unpaired) electrons. The number of nitrogens with zero attached hydrogens (tertiary/aromatic N) is 1. The van der Waals surface area contributed by atoms with Crippen LogP contribution in [0.25, 0.3) is 0 Å². The monoisotopic (exact) mass is 274 g/mol. The Morgan fingerprint density at radius 1 is 1.21 bits per heavy atom. The van der Waals surface area contributed by atoms with Crippen molar-refractivity contribution < 1.29 is 4.74 Å². The number of aromatic nitrogens is 1. The fraction of sp³-hybridized carbons (Fsp3) is 0.267. The summed E-state index contributed by atoms with van der Waals surface area (Å²) in [5.41, 5.74) is 1.20. The lowest BCUT2D eigenvalue weighted by atomic mass is 10.1. The van der Waals surface area contributed by atoms with Gasteiger partial charge in [-0.05, 0) is 32.2 Å². The van der Waals surface area contributed by atoms with E-state index in [0.717, 1.165) is 15.7 Å². The van der Waals surface area contributed by atoms with E-state index in [-0.39, 0.29) is 6.04 Å². The van der Waals surface area contributed by atoms with Crippen LogP contribution in [0, 0.1) is 0 Å². The molecule has 0 amide bonds. The highest BCUT2D eigenvalue weighted by Gasteiger charge is 2.12. The zero-order valence-corrected chi connectivity index (χ0v) is 12.2. The molecule has 0 fully saturated rings. The lowest BCUT2D eigenvalue weighted by molar-refractivity contribution is 0.405. The first-order chi connectivity index (χ1) is 9.26. The fourth-order valence-electron chi connectivity index (χ4n) is 1.78. The van der Waals surface area contributed by atoms with Crippen molar-refractivity contribution in [2.24, 2.45) is 0 Å². The van der Waals surface area contributed by atoms with Crippen LogP contribution in [0.1, 0.15) is 18.5 Å². The van der Waals surface area contributed by atoms with Gasteiger partial charge in [-0.1, -0.05) is 30.0 Å². The molecular weight excluding hydrogens is 256 g/mol. The van der Waals surface area contributed by atoms with Gasteiger partial charge in [-0.25, -0.2) is 4.98 Å². The molecule has 1 aromatic heterocycles. The van der Waals surface area contributed by atoms with Gasteiger partial charge in [0, 0.05) is 17.8 Å². The first-order valence-corrected chi connectivity index (χ1v) is 7.01. The van der Waals surface area contributed by atoms with Crippen molar-refractivity contribution in [3.05, 3.63) is 48.2 Å². The Balaban J connectivity index is 2.33. The summed E-state index contributed by atoms with van der Waals surface area (Å²) in [7, 11) is 3.64. The van der Waals surface area contributed by atoms with Gasteiger partial charge in [0.15, 0.2) is 0 Å². The summed E-state index contributed by atoms with van der Waals surface area (Å²) >= 11 is 1.63. The zero-order valence-electron chi connectivity index (χ0n) is 11.4. The van der Waals surface area contributed by atoms with Crippen molar-refractivity contribution in [2.45, 2.75) is 22.9 Å². The van der Waals surface area contributed by atoms with Crippen LogP contribution in [0.2, 0.25) is 0 Å². The van der Waals surface area contributed by atoms with Crippen molar-refractivity contribution in [3.63, 3.8) is 0 Å². The van der Waals surface area contributed by atoms with Gasteiger partial charge in [0.25, 0.3) is 0 Å². The SMILES string of the molecule is CNC(C)c1cccnc1Sc1ccccc1OC. The summed E-state index contributed by atoms with van der Waals surface area (Å²) in [6.07, 6.45) is 1.82. The number of para-hydroxylation sites is 1. The molecule has 0 aliphatic carbocycles. The average molecular weight is 274 g/mol. The van der Waals surface area contributed by atoms with E-state index < -0.39 is 0 Å². The van der Waals surface area contributed by atoms with E-state index in [0.29, 0.717) is 0 Å². The Bertz CT molecular complexity index is 545. The maximum atomic E-state index is 5.38. The van der Waals surface area contributed by atoms with E-state index in [1.165, 1.54) is 5.56 Å². The van der Waals surface area contributed by atoms with Gasteiger partial charge in [0.2, 0.25) is 0 Å². The summed E-state index contributed by atoms with van der Waals surface area (Å²) in [5, 5.41) is 4.26. The standard InChI is InChI=1S/C15H18N2OS/c1-11(16-2)12-7-6-10-17-15(12)19-14-9-5-4-8-13(14)18-3/h4-11,16H,1-3H3. The van der Waals surface area contributed by atoms with Crippen LogP contribution in [-0.4, -0.2) is 19.1 Å². The maximum Gasteiger partial charge on any atom is 0.132 e. The molecule has 19 heavy (non-hydrogen) atoms. The number of nitrogens with one attached hydrogen (secondary N) is 1. The number of hydrogen-bond acceptors (Lipinski definition) is 4. The molecule has 1 N–H and O–H groups in total. The number of rotatable bonds is 5. The normalized spacial score (nSPS) is 12.2. The number of benzene rings is 1. The summed E-state index contributed by atoms with van der Waals surface area (Å²) in [4.78, 5) is 5.56. The third-order valence-electron chi connectivity index (χ3n) is 2.98. The molecule has 1 unspecified atom stereocenters. The summed E-state index contributed by atoms with van der Waals surface area (Å²) in [5.74, 6) is 0.876. The Morgan fingerprint density at radius 2 is 2.00 bits per heavy atom. The Hall–Kier alpha value is -1.52. The lowest BCUT2D eigenvalue weighted by Gasteiger charge is -2.15. The largest absolute Gasteiger partial charge is 0.496 e. The molecule has 0 aliphatic rings. The molecule has 1 aromatic carbocycles. The van der Waals surface area contributed by atoms with Crippen LogP contribution in [0.5, 0.6) is 5.75 Å². The Kier molecular flexibility index (Phi) is 4.82. The number of hydrogen-bond donors (Lipinski definition) is 1. The highest BCUT2D eigenvalue weighted by Crippen LogP contribution is 2.36. The third-order valence-corrected chi connectivity index (χ3v) is 4.07. The number of methoxy groups -OCH3 is 1. The fourth-order valence-corrected chi connectivity index (χ4v) is 2.86. The van der Waals surface area contributed by atoms with Crippen molar-refractivity contribution >= 4 is 11.8 Å². The maximum absolute atomic E-state index is 5.38. The summed E-state index contributed by atoms with van der Waals surface area (Å²) in [6, 6.07) is 12.3. The van der Waals surface area contributed by atoms with Crippen LogP contribution in [-0.2, 0) is 0 Å². The van der Waals surface area contributed by atoms with Crippen LogP contribution in [0.3, 0.4) is 0 Å². The molecule has 100 valence electrons. The molecule has 1 atom stereocenters. The molecule has 3 nitrogen and oxygen atoms in total. The Morgan fingerprint density at radius 3 is 2.74 bits per heavy atom. The minimum Gasteiger partial charge on any atom is -0.496 e. The second kappa shape index (κ2) is 6.59. The first kappa shape index (κ1) is 13.9. The Labute approximate surface area is 118 Å². The molecule has 0 spiro atoms.